The fourth-order valence-corrected chi connectivity index (χ4v) is 1.22. The van der Waals surface area contributed by atoms with Gasteiger partial charge in [-0.1, -0.05) is 6.07 Å². The molecule has 0 saturated carbocycles. The van der Waals surface area contributed by atoms with Gasteiger partial charge < -0.3 is 16.4 Å². The number of pyridine rings is 1. The van der Waals surface area contributed by atoms with E-state index in [-0.39, 0.29) is 47.9 Å². The van der Waals surface area contributed by atoms with Gasteiger partial charge in [0.15, 0.2) is 5.96 Å². The number of halogens is 1. The smallest absolute Gasteiger partial charge is 0.242 e. The summed E-state index contributed by atoms with van der Waals surface area (Å²) in [7, 11) is 0. The molecule has 0 unspecified atom stereocenters. The van der Waals surface area contributed by atoms with Gasteiger partial charge in [0.05, 0.1) is 0 Å². The normalized spacial score (nSPS) is 11.4. The highest BCUT2D eigenvalue weighted by Crippen LogP contribution is 1.99. The number of aliphatic imine (C=N–C) groups is 1. The number of amides is 1. The molecule has 6 nitrogen and oxygen atoms in total. The van der Waals surface area contributed by atoms with Gasteiger partial charge in [-0.05, 0) is 32.9 Å². The van der Waals surface area contributed by atoms with Crippen molar-refractivity contribution in [2.45, 2.75) is 26.3 Å². The molecule has 0 aliphatic carbocycles. The third-order valence-corrected chi connectivity index (χ3v) is 1.83. The van der Waals surface area contributed by atoms with Crippen LogP contribution in [0.5, 0.6) is 0 Å². The first-order valence-corrected chi connectivity index (χ1v) is 5.66. The van der Waals surface area contributed by atoms with Gasteiger partial charge in [0.25, 0.3) is 0 Å². The lowest BCUT2D eigenvalue weighted by Crippen LogP contribution is -2.42. The number of carbonyl (C=O) groups is 1. The maximum atomic E-state index is 11.5. The number of guanidine groups is 1. The van der Waals surface area contributed by atoms with E-state index in [1.165, 1.54) is 0 Å². The van der Waals surface area contributed by atoms with Crippen molar-refractivity contribution in [3.8, 4) is 0 Å². The Labute approximate surface area is 130 Å². The summed E-state index contributed by atoms with van der Waals surface area (Å²) in [5.41, 5.74) is 5.37. The van der Waals surface area contributed by atoms with E-state index in [2.05, 4.69) is 20.6 Å². The van der Waals surface area contributed by atoms with Crippen molar-refractivity contribution >= 4 is 41.7 Å². The molecular weight excluding hydrogens is 357 g/mol. The number of nitrogens with zero attached hydrogens (tertiary/aromatic N) is 2. The lowest BCUT2D eigenvalue weighted by Gasteiger charge is -2.19. The molecule has 0 aliphatic heterocycles. The molecule has 1 aromatic rings. The molecular formula is C12H20IN5O. The second-order valence-electron chi connectivity index (χ2n) is 4.84. The van der Waals surface area contributed by atoms with Crippen molar-refractivity contribution in [1.82, 2.24) is 10.3 Å². The highest BCUT2D eigenvalue weighted by Gasteiger charge is 2.12. The number of nitrogens with two attached hydrogens (primary N) is 1. The predicted molar refractivity (Wildman–Crippen MR) is 87.7 cm³/mol. The number of hydrogen-bond acceptors (Lipinski definition) is 3. The Bertz CT molecular complexity index is 427. The average Bonchev–Trinajstić information content (AvgIpc) is 2.25. The van der Waals surface area contributed by atoms with Gasteiger partial charge in [0, 0.05) is 11.7 Å². The molecule has 0 radical (unpaired) electrons. The molecule has 106 valence electrons. The number of anilines is 1. The summed E-state index contributed by atoms with van der Waals surface area (Å²) in [5.74, 6) is 0.584. The lowest BCUT2D eigenvalue weighted by atomic mass is 10.1. The molecule has 0 bridgehead atoms. The van der Waals surface area contributed by atoms with Crippen LogP contribution in [0.15, 0.2) is 29.4 Å². The molecule has 0 fully saturated rings. The van der Waals surface area contributed by atoms with E-state index in [4.69, 9.17) is 5.73 Å². The minimum Gasteiger partial charge on any atom is -0.370 e. The second kappa shape index (κ2) is 7.93. The van der Waals surface area contributed by atoms with Crippen LogP contribution < -0.4 is 16.4 Å². The highest BCUT2D eigenvalue weighted by molar-refractivity contribution is 14.0. The summed E-state index contributed by atoms with van der Waals surface area (Å²) in [5, 5.41) is 5.59. The standard InChI is InChI=1S/C12H19N5O.HI/c1-12(2,3)17-10(18)8-15-11(13)16-9-6-4-5-7-14-9;/h4-7H,8H2,1-3H3,(H,17,18)(H3,13,14,15,16);1H. The Morgan fingerprint density at radius 3 is 2.63 bits per heavy atom. The zero-order valence-electron chi connectivity index (χ0n) is 11.3. The minimum absolute atomic E-state index is 0. The summed E-state index contributed by atoms with van der Waals surface area (Å²) in [6.07, 6.45) is 1.64. The van der Waals surface area contributed by atoms with Crippen molar-refractivity contribution in [3.05, 3.63) is 24.4 Å². The van der Waals surface area contributed by atoms with E-state index >= 15 is 0 Å². The summed E-state index contributed by atoms with van der Waals surface area (Å²) in [4.78, 5) is 19.5. The Morgan fingerprint density at radius 1 is 1.42 bits per heavy atom. The minimum atomic E-state index is -0.268. The van der Waals surface area contributed by atoms with Gasteiger partial charge in [0.1, 0.15) is 12.4 Å². The molecule has 19 heavy (non-hydrogen) atoms. The Morgan fingerprint density at radius 2 is 2.11 bits per heavy atom. The van der Waals surface area contributed by atoms with Crippen molar-refractivity contribution in [2.75, 3.05) is 11.9 Å². The molecule has 0 saturated heterocycles. The van der Waals surface area contributed by atoms with Crippen LogP contribution in [0.1, 0.15) is 20.8 Å². The van der Waals surface area contributed by atoms with Crippen molar-refractivity contribution in [3.63, 3.8) is 0 Å². The molecule has 0 aromatic carbocycles. The fraction of sp³-hybridized carbons (Fsp3) is 0.417. The van der Waals surface area contributed by atoms with Crippen LogP contribution in [0.25, 0.3) is 0 Å². The fourth-order valence-electron chi connectivity index (χ4n) is 1.22. The van der Waals surface area contributed by atoms with Crippen LogP contribution in [0.2, 0.25) is 0 Å². The molecule has 1 heterocycles. The van der Waals surface area contributed by atoms with Gasteiger partial charge in [-0.3, -0.25) is 4.79 Å². The molecule has 4 N–H and O–H groups in total. The third-order valence-electron chi connectivity index (χ3n) is 1.83. The van der Waals surface area contributed by atoms with Crippen molar-refractivity contribution in [2.24, 2.45) is 10.7 Å². The van der Waals surface area contributed by atoms with Gasteiger partial charge in [-0.25, -0.2) is 9.98 Å². The van der Waals surface area contributed by atoms with E-state index in [1.807, 2.05) is 26.8 Å². The quantitative estimate of drug-likeness (QED) is 0.421. The molecule has 1 aromatic heterocycles. The number of aromatic nitrogens is 1. The Kier molecular flexibility index (Phi) is 7.35. The van der Waals surface area contributed by atoms with Crippen molar-refractivity contribution < 1.29 is 4.79 Å². The van der Waals surface area contributed by atoms with Crippen LogP contribution >= 0.6 is 24.0 Å². The molecule has 0 atom stereocenters. The summed E-state index contributed by atoms with van der Waals surface area (Å²) < 4.78 is 0. The summed E-state index contributed by atoms with van der Waals surface area (Å²) in [6.45, 7) is 5.71. The van der Waals surface area contributed by atoms with Crippen molar-refractivity contribution in [1.29, 1.82) is 0 Å². The third kappa shape index (κ3) is 8.36. The maximum Gasteiger partial charge on any atom is 0.242 e. The van der Waals surface area contributed by atoms with E-state index in [0.29, 0.717) is 5.82 Å². The predicted octanol–water partition coefficient (Wildman–Crippen LogP) is 1.34. The summed E-state index contributed by atoms with van der Waals surface area (Å²) in [6, 6.07) is 5.39. The van der Waals surface area contributed by atoms with Crippen LogP contribution in [0, 0.1) is 0 Å². The monoisotopic (exact) mass is 377 g/mol. The van der Waals surface area contributed by atoms with E-state index < -0.39 is 0 Å². The highest BCUT2D eigenvalue weighted by atomic mass is 127. The van der Waals surface area contributed by atoms with Crippen LogP contribution in [-0.4, -0.2) is 28.9 Å². The first kappa shape index (κ1) is 17.6. The second-order valence-corrected chi connectivity index (χ2v) is 4.84. The maximum absolute atomic E-state index is 11.5. The van der Waals surface area contributed by atoms with E-state index in [0.717, 1.165) is 0 Å². The van der Waals surface area contributed by atoms with E-state index in [9.17, 15) is 4.79 Å². The number of hydrogen-bond donors (Lipinski definition) is 3. The molecule has 7 heteroatoms. The lowest BCUT2D eigenvalue weighted by molar-refractivity contribution is -0.121. The number of nitrogens with one attached hydrogen (secondary N) is 2. The molecule has 1 amide bonds. The summed E-state index contributed by atoms with van der Waals surface area (Å²) >= 11 is 0. The van der Waals surface area contributed by atoms with Crippen LogP contribution in [-0.2, 0) is 4.79 Å². The van der Waals surface area contributed by atoms with Crippen LogP contribution in [0.3, 0.4) is 0 Å². The van der Waals surface area contributed by atoms with Gasteiger partial charge in [0.2, 0.25) is 5.91 Å². The van der Waals surface area contributed by atoms with Gasteiger partial charge >= 0.3 is 0 Å². The van der Waals surface area contributed by atoms with Crippen LogP contribution in [0.4, 0.5) is 5.82 Å². The Hall–Kier alpha value is -1.38. The van der Waals surface area contributed by atoms with E-state index in [1.54, 1.807) is 18.3 Å². The Balaban J connectivity index is 0.00000324. The first-order valence-electron chi connectivity index (χ1n) is 5.66. The largest absolute Gasteiger partial charge is 0.370 e. The zero-order chi connectivity index (χ0) is 13.6. The molecule has 1 rings (SSSR count). The number of rotatable bonds is 3. The average molecular weight is 377 g/mol. The first-order chi connectivity index (χ1) is 8.37. The van der Waals surface area contributed by atoms with Gasteiger partial charge in [-0.15, -0.1) is 24.0 Å². The number of carbonyl (C=O) groups excluding carboxylic acids is 1. The zero-order valence-corrected chi connectivity index (χ0v) is 13.6. The van der Waals surface area contributed by atoms with Gasteiger partial charge in [-0.2, -0.15) is 0 Å². The molecule has 0 aliphatic rings. The topological polar surface area (TPSA) is 92.4 Å². The SMILES string of the molecule is CC(C)(C)NC(=O)CN=C(N)Nc1ccccn1.I. The molecule has 0 spiro atoms.